The van der Waals surface area contributed by atoms with Crippen LogP contribution >= 0.6 is 0 Å². The van der Waals surface area contributed by atoms with Crippen molar-refractivity contribution in [2.24, 2.45) is 5.41 Å². The molecule has 0 spiro atoms. The smallest absolute Gasteiger partial charge is 0.0616 e. The summed E-state index contributed by atoms with van der Waals surface area (Å²) >= 11 is 0. The summed E-state index contributed by atoms with van der Waals surface area (Å²) in [6, 6.07) is 0. The Kier molecular flexibility index (Phi) is 3.09. The summed E-state index contributed by atoms with van der Waals surface area (Å²) in [5.74, 6) is 0. The van der Waals surface area contributed by atoms with Gasteiger partial charge in [0.25, 0.3) is 0 Å². The van der Waals surface area contributed by atoms with Gasteiger partial charge in [0.15, 0.2) is 0 Å². The fraction of sp³-hybridized carbons (Fsp3) is 1.00. The Bertz CT molecular complexity index is 117. The molecule has 0 heterocycles. The molecule has 0 aromatic carbocycles. The van der Waals surface area contributed by atoms with E-state index in [2.05, 4.69) is 0 Å². The number of hydrogen-bond acceptors (Lipinski definition) is 2. The summed E-state index contributed by atoms with van der Waals surface area (Å²) in [6.07, 6.45) is -0.0150. The zero-order valence-corrected chi connectivity index (χ0v) is 8.18. The lowest BCUT2D eigenvalue weighted by molar-refractivity contribution is -0.0243. The maximum absolute atomic E-state index is 9.56. The highest BCUT2D eigenvalue weighted by atomic mass is 16.3. The van der Waals surface area contributed by atoms with Gasteiger partial charge in [-0.15, -0.1) is 0 Å². The number of hydrogen-bond donors (Lipinski definition) is 2. The van der Waals surface area contributed by atoms with Gasteiger partial charge < -0.3 is 10.2 Å². The van der Waals surface area contributed by atoms with Gasteiger partial charge in [0.05, 0.1) is 11.7 Å². The molecule has 2 heteroatoms. The number of aliphatic hydroxyl groups is 2. The average molecular weight is 160 g/mol. The van der Waals surface area contributed by atoms with Crippen LogP contribution in [-0.4, -0.2) is 21.9 Å². The zero-order chi connectivity index (χ0) is 9.28. The normalized spacial score (nSPS) is 16.6. The van der Waals surface area contributed by atoms with Gasteiger partial charge in [0.1, 0.15) is 0 Å². The third-order valence-corrected chi connectivity index (χ3v) is 1.69. The molecule has 0 amide bonds. The van der Waals surface area contributed by atoms with Crippen molar-refractivity contribution in [1.82, 2.24) is 0 Å². The van der Waals surface area contributed by atoms with Crippen LogP contribution in [0.4, 0.5) is 0 Å². The van der Waals surface area contributed by atoms with Crippen LogP contribution in [0.3, 0.4) is 0 Å². The molecule has 1 unspecified atom stereocenters. The van der Waals surface area contributed by atoms with Crippen molar-refractivity contribution in [2.75, 3.05) is 0 Å². The Labute approximate surface area is 69.2 Å². The van der Waals surface area contributed by atoms with Gasteiger partial charge in [-0.05, 0) is 19.3 Å². The fourth-order valence-corrected chi connectivity index (χ4v) is 0.779. The average Bonchev–Trinajstić information content (AvgIpc) is 1.56. The van der Waals surface area contributed by atoms with Crippen LogP contribution in [-0.2, 0) is 0 Å². The lowest BCUT2D eigenvalue weighted by atomic mass is 9.83. The second-order valence-corrected chi connectivity index (χ2v) is 4.90. The van der Waals surface area contributed by atoms with E-state index in [0.717, 1.165) is 0 Å². The van der Waals surface area contributed by atoms with Crippen molar-refractivity contribution in [2.45, 2.75) is 52.7 Å². The Balaban J connectivity index is 3.99. The summed E-state index contributed by atoms with van der Waals surface area (Å²) in [5.41, 5.74) is -0.910. The van der Waals surface area contributed by atoms with E-state index in [-0.39, 0.29) is 5.41 Å². The zero-order valence-electron chi connectivity index (χ0n) is 8.18. The second-order valence-electron chi connectivity index (χ2n) is 4.90. The Hall–Kier alpha value is -0.0800. The van der Waals surface area contributed by atoms with Crippen LogP contribution < -0.4 is 0 Å². The van der Waals surface area contributed by atoms with Crippen molar-refractivity contribution in [3.8, 4) is 0 Å². The predicted molar refractivity (Wildman–Crippen MR) is 46.4 cm³/mol. The van der Waals surface area contributed by atoms with Crippen LogP contribution in [0.2, 0.25) is 0 Å². The largest absolute Gasteiger partial charge is 0.392 e. The quantitative estimate of drug-likeness (QED) is 0.643. The lowest BCUT2D eigenvalue weighted by Crippen LogP contribution is -2.34. The minimum atomic E-state index is -0.771. The summed E-state index contributed by atoms with van der Waals surface area (Å²) in [6.45, 7) is 9.31. The molecule has 0 saturated carbocycles. The fourth-order valence-electron chi connectivity index (χ4n) is 0.779. The Morgan fingerprint density at radius 3 is 1.55 bits per heavy atom. The highest BCUT2D eigenvalue weighted by Crippen LogP contribution is 2.25. The van der Waals surface area contributed by atoms with Crippen LogP contribution in [0, 0.1) is 5.41 Å². The first kappa shape index (κ1) is 10.9. The minimum absolute atomic E-state index is 0.139. The van der Waals surface area contributed by atoms with E-state index in [4.69, 9.17) is 0 Å². The first-order valence-electron chi connectivity index (χ1n) is 4.03. The van der Waals surface area contributed by atoms with Crippen LogP contribution in [0.5, 0.6) is 0 Å². The van der Waals surface area contributed by atoms with E-state index in [1.54, 1.807) is 13.8 Å². The van der Waals surface area contributed by atoms with E-state index in [1.165, 1.54) is 0 Å². The van der Waals surface area contributed by atoms with Crippen molar-refractivity contribution in [1.29, 1.82) is 0 Å². The van der Waals surface area contributed by atoms with Crippen LogP contribution in [0.1, 0.15) is 41.0 Å². The summed E-state index contributed by atoms with van der Waals surface area (Å²) in [4.78, 5) is 0. The molecule has 1 atom stereocenters. The third-order valence-electron chi connectivity index (χ3n) is 1.69. The number of rotatable bonds is 2. The highest BCUT2D eigenvalue weighted by molar-refractivity contribution is 4.79. The van der Waals surface area contributed by atoms with E-state index in [0.29, 0.717) is 6.42 Å². The maximum atomic E-state index is 9.56. The lowest BCUT2D eigenvalue weighted by Gasteiger charge is -2.30. The van der Waals surface area contributed by atoms with E-state index < -0.39 is 11.7 Å². The van der Waals surface area contributed by atoms with Crippen LogP contribution in [0.15, 0.2) is 0 Å². The Morgan fingerprint density at radius 2 is 1.45 bits per heavy atom. The van der Waals surface area contributed by atoms with E-state index in [9.17, 15) is 10.2 Å². The molecule has 0 radical (unpaired) electrons. The summed E-state index contributed by atoms with van der Waals surface area (Å²) < 4.78 is 0. The molecule has 0 aromatic heterocycles. The van der Waals surface area contributed by atoms with Gasteiger partial charge in [-0.2, -0.15) is 0 Å². The minimum Gasteiger partial charge on any atom is -0.392 e. The third kappa shape index (κ3) is 5.22. The molecule has 0 aliphatic rings. The molecular weight excluding hydrogens is 140 g/mol. The topological polar surface area (TPSA) is 40.5 Å². The van der Waals surface area contributed by atoms with Crippen molar-refractivity contribution < 1.29 is 10.2 Å². The molecule has 0 aliphatic heterocycles. The molecule has 11 heavy (non-hydrogen) atoms. The molecule has 0 bridgehead atoms. The molecule has 0 fully saturated rings. The SMILES string of the molecule is CC(C)(O)CC(O)C(C)(C)C. The first-order chi connectivity index (χ1) is 4.63. The highest BCUT2D eigenvalue weighted by Gasteiger charge is 2.27. The maximum Gasteiger partial charge on any atom is 0.0616 e. The summed E-state index contributed by atoms with van der Waals surface area (Å²) in [7, 11) is 0. The van der Waals surface area contributed by atoms with Gasteiger partial charge in [-0.3, -0.25) is 0 Å². The van der Waals surface area contributed by atoms with Crippen molar-refractivity contribution in [3.63, 3.8) is 0 Å². The van der Waals surface area contributed by atoms with Gasteiger partial charge in [0, 0.05) is 6.42 Å². The van der Waals surface area contributed by atoms with Crippen molar-refractivity contribution >= 4 is 0 Å². The molecule has 0 aliphatic carbocycles. The number of aliphatic hydroxyl groups excluding tert-OH is 1. The molecule has 0 saturated heterocycles. The summed E-state index contributed by atoms with van der Waals surface area (Å²) in [5, 5.41) is 19.0. The molecule has 0 aromatic rings. The second kappa shape index (κ2) is 3.11. The molecule has 2 nitrogen and oxygen atoms in total. The van der Waals surface area contributed by atoms with E-state index >= 15 is 0 Å². The van der Waals surface area contributed by atoms with E-state index in [1.807, 2.05) is 20.8 Å². The monoisotopic (exact) mass is 160 g/mol. The molecule has 2 N–H and O–H groups in total. The predicted octanol–water partition coefficient (Wildman–Crippen LogP) is 1.55. The molecular formula is C9H20O2. The van der Waals surface area contributed by atoms with Gasteiger partial charge in [-0.25, -0.2) is 0 Å². The molecule has 0 rings (SSSR count). The first-order valence-corrected chi connectivity index (χ1v) is 4.03. The molecule has 68 valence electrons. The van der Waals surface area contributed by atoms with Gasteiger partial charge in [-0.1, -0.05) is 20.8 Å². The van der Waals surface area contributed by atoms with Crippen molar-refractivity contribution in [3.05, 3.63) is 0 Å². The Morgan fingerprint density at radius 1 is 1.09 bits per heavy atom. The van der Waals surface area contributed by atoms with Gasteiger partial charge >= 0.3 is 0 Å². The van der Waals surface area contributed by atoms with Gasteiger partial charge in [0.2, 0.25) is 0 Å². The van der Waals surface area contributed by atoms with Crippen LogP contribution in [0.25, 0.3) is 0 Å². The standard InChI is InChI=1S/C9H20O2/c1-8(2,3)7(10)6-9(4,5)11/h7,10-11H,6H2,1-5H3.